The number of thioether (sulfide) groups is 1. The number of anilines is 1. The smallest absolute Gasteiger partial charge is 0.305 e. The van der Waals surface area contributed by atoms with Crippen molar-refractivity contribution >= 4 is 52.1 Å². The minimum atomic E-state index is -1.01. The summed E-state index contributed by atoms with van der Waals surface area (Å²) in [5.74, 6) is -0.657. The molecule has 176 valence electrons. The SMILES string of the molecule is CCCn1c(N2CCN(C)CC2)c(/C=C2\SC(=S)N(CCC(=O)O)C2=O)c(C)c(C#N)c1=O. The molecule has 0 unspecified atom stereocenters. The van der Waals surface area contributed by atoms with Crippen molar-refractivity contribution in [3.8, 4) is 6.07 Å². The molecule has 2 fully saturated rings. The minimum Gasteiger partial charge on any atom is -0.481 e. The van der Waals surface area contributed by atoms with Crippen molar-refractivity contribution < 1.29 is 14.7 Å². The summed E-state index contributed by atoms with van der Waals surface area (Å²) in [7, 11) is 2.05. The van der Waals surface area contributed by atoms with Gasteiger partial charge in [-0.25, -0.2) is 0 Å². The zero-order valence-corrected chi connectivity index (χ0v) is 20.6. The number of carboxylic acids is 1. The van der Waals surface area contributed by atoms with E-state index in [0.29, 0.717) is 52.2 Å². The highest BCUT2D eigenvalue weighted by Gasteiger charge is 2.33. The van der Waals surface area contributed by atoms with Gasteiger partial charge in [0.25, 0.3) is 11.5 Å². The van der Waals surface area contributed by atoms with Gasteiger partial charge < -0.3 is 14.9 Å². The molecule has 0 aromatic carbocycles. The van der Waals surface area contributed by atoms with Crippen LogP contribution in [0.4, 0.5) is 5.82 Å². The van der Waals surface area contributed by atoms with Crippen LogP contribution in [0.2, 0.25) is 0 Å². The lowest BCUT2D eigenvalue weighted by Crippen LogP contribution is -2.47. The summed E-state index contributed by atoms with van der Waals surface area (Å²) in [5.41, 5.74) is 0.924. The van der Waals surface area contributed by atoms with Crippen molar-refractivity contribution in [3.05, 3.63) is 31.9 Å². The summed E-state index contributed by atoms with van der Waals surface area (Å²) in [6, 6.07) is 2.04. The number of pyridine rings is 1. The second-order valence-corrected chi connectivity index (χ2v) is 9.75. The summed E-state index contributed by atoms with van der Waals surface area (Å²) in [6.07, 6.45) is 2.21. The molecular weight excluding hydrogens is 462 g/mol. The van der Waals surface area contributed by atoms with Crippen molar-refractivity contribution in [3.63, 3.8) is 0 Å². The van der Waals surface area contributed by atoms with E-state index in [1.807, 2.05) is 20.0 Å². The van der Waals surface area contributed by atoms with Crippen molar-refractivity contribution in [2.24, 2.45) is 0 Å². The van der Waals surface area contributed by atoms with E-state index in [9.17, 15) is 19.6 Å². The van der Waals surface area contributed by atoms with Gasteiger partial charge in [-0.2, -0.15) is 5.26 Å². The van der Waals surface area contributed by atoms with E-state index < -0.39 is 5.97 Å². The molecular formula is C22H27N5O4S2. The quantitative estimate of drug-likeness (QED) is 0.453. The van der Waals surface area contributed by atoms with Gasteiger partial charge >= 0.3 is 5.97 Å². The minimum absolute atomic E-state index is 0.000414. The van der Waals surface area contributed by atoms with Crippen molar-refractivity contribution in [2.75, 3.05) is 44.7 Å². The number of carboxylic acid groups (broad SMARTS) is 1. The first-order valence-electron chi connectivity index (χ1n) is 10.8. The second kappa shape index (κ2) is 10.5. The Morgan fingerprint density at radius 3 is 2.48 bits per heavy atom. The molecule has 0 bridgehead atoms. The third-order valence-corrected chi connectivity index (χ3v) is 7.17. The number of aliphatic carboxylic acids is 1. The number of carbonyl (C=O) groups is 2. The van der Waals surface area contributed by atoms with Crippen LogP contribution >= 0.6 is 24.0 Å². The standard InChI is InChI=1S/C22H27N5O4S2/c1-4-6-26-19(25-10-8-24(3)9-11-25)15(14(2)16(13-23)20(26)30)12-17-21(31)27(22(32)33-17)7-5-18(28)29/h12H,4-11H2,1-3H3,(H,28,29)/b17-12-. The molecule has 2 aliphatic rings. The first-order valence-corrected chi connectivity index (χ1v) is 12.0. The van der Waals surface area contributed by atoms with Gasteiger partial charge in [0.1, 0.15) is 21.8 Å². The maximum atomic E-state index is 13.2. The Bertz CT molecular complexity index is 1110. The summed E-state index contributed by atoms with van der Waals surface area (Å²) in [5, 5.41) is 18.7. The van der Waals surface area contributed by atoms with Gasteiger partial charge in [0.15, 0.2) is 0 Å². The van der Waals surface area contributed by atoms with Gasteiger partial charge in [0.05, 0.1) is 11.3 Å². The highest BCUT2D eigenvalue weighted by Crippen LogP contribution is 2.36. The third kappa shape index (κ3) is 5.13. The van der Waals surface area contributed by atoms with Gasteiger partial charge in [0, 0.05) is 44.8 Å². The summed E-state index contributed by atoms with van der Waals surface area (Å²) < 4.78 is 1.95. The van der Waals surface area contributed by atoms with Gasteiger partial charge in [-0.05, 0) is 32.0 Å². The van der Waals surface area contributed by atoms with Crippen LogP contribution in [0.5, 0.6) is 0 Å². The zero-order chi connectivity index (χ0) is 24.3. The normalized spacial score (nSPS) is 18.3. The molecule has 3 heterocycles. The molecule has 0 atom stereocenters. The molecule has 0 saturated carbocycles. The lowest BCUT2D eigenvalue weighted by atomic mass is 10.0. The van der Waals surface area contributed by atoms with Crippen LogP contribution in [-0.4, -0.2) is 75.4 Å². The Hall–Kier alpha value is -2.68. The van der Waals surface area contributed by atoms with E-state index in [1.165, 1.54) is 4.90 Å². The fourth-order valence-electron chi connectivity index (χ4n) is 3.97. The first-order chi connectivity index (χ1) is 15.7. The number of hydrogen-bond donors (Lipinski definition) is 1. The first kappa shape index (κ1) is 25.0. The predicted octanol–water partition coefficient (Wildman–Crippen LogP) is 1.87. The molecule has 2 aliphatic heterocycles. The van der Waals surface area contributed by atoms with Crippen LogP contribution in [-0.2, 0) is 16.1 Å². The van der Waals surface area contributed by atoms with Crippen LogP contribution in [0.3, 0.4) is 0 Å². The highest BCUT2D eigenvalue weighted by atomic mass is 32.2. The highest BCUT2D eigenvalue weighted by molar-refractivity contribution is 8.26. The maximum absolute atomic E-state index is 13.2. The van der Waals surface area contributed by atoms with Crippen LogP contribution in [0.25, 0.3) is 6.08 Å². The lowest BCUT2D eigenvalue weighted by molar-refractivity contribution is -0.137. The predicted molar refractivity (Wildman–Crippen MR) is 132 cm³/mol. The summed E-state index contributed by atoms with van der Waals surface area (Å²) in [6.45, 7) is 7.24. The number of amides is 1. The molecule has 3 rings (SSSR count). The maximum Gasteiger partial charge on any atom is 0.305 e. The van der Waals surface area contributed by atoms with E-state index in [-0.39, 0.29) is 30.0 Å². The van der Waals surface area contributed by atoms with Gasteiger partial charge in [0.2, 0.25) is 0 Å². The molecule has 9 nitrogen and oxygen atoms in total. The fourth-order valence-corrected chi connectivity index (χ4v) is 5.26. The average Bonchev–Trinajstić information content (AvgIpc) is 3.03. The number of thiocarbonyl (C=S) groups is 1. The number of likely N-dealkylation sites (N-methyl/N-ethyl adjacent to an activating group) is 1. The second-order valence-electron chi connectivity index (χ2n) is 8.07. The van der Waals surface area contributed by atoms with E-state index in [4.69, 9.17) is 17.3 Å². The number of piperazine rings is 1. The number of nitrogens with zero attached hydrogens (tertiary/aromatic N) is 5. The molecule has 0 radical (unpaired) electrons. The van der Waals surface area contributed by atoms with Crippen molar-refractivity contribution in [1.82, 2.24) is 14.4 Å². The number of hydrogen-bond acceptors (Lipinski definition) is 8. The lowest BCUT2D eigenvalue weighted by Gasteiger charge is -2.36. The van der Waals surface area contributed by atoms with Crippen LogP contribution in [0.15, 0.2) is 9.70 Å². The zero-order valence-electron chi connectivity index (χ0n) is 19.0. The summed E-state index contributed by atoms with van der Waals surface area (Å²) >= 11 is 6.42. The van der Waals surface area contributed by atoms with E-state index in [0.717, 1.165) is 24.9 Å². The molecule has 33 heavy (non-hydrogen) atoms. The Morgan fingerprint density at radius 1 is 1.24 bits per heavy atom. The fraction of sp³-hybridized carbons (Fsp3) is 0.500. The topological polar surface area (TPSA) is 110 Å². The van der Waals surface area contributed by atoms with Gasteiger partial charge in [-0.3, -0.25) is 23.9 Å². The van der Waals surface area contributed by atoms with Crippen molar-refractivity contribution in [2.45, 2.75) is 33.2 Å². The molecule has 1 aromatic rings. The van der Waals surface area contributed by atoms with Crippen molar-refractivity contribution in [1.29, 1.82) is 5.26 Å². The largest absolute Gasteiger partial charge is 0.481 e. The molecule has 1 amide bonds. The number of aromatic nitrogens is 1. The van der Waals surface area contributed by atoms with Crippen LogP contribution < -0.4 is 10.5 Å². The Kier molecular flexibility index (Phi) is 7.94. The van der Waals surface area contributed by atoms with Gasteiger partial charge in [-0.1, -0.05) is 30.9 Å². The average molecular weight is 490 g/mol. The number of nitriles is 1. The monoisotopic (exact) mass is 489 g/mol. The molecule has 0 spiro atoms. The summed E-state index contributed by atoms with van der Waals surface area (Å²) in [4.78, 5) is 43.1. The van der Waals surface area contributed by atoms with Crippen LogP contribution in [0, 0.1) is 18.3 Å². The molecule has 11 heteroatoms. The molecule has 1 N–H and O–H groups in total. The van der Waals surface area contributed by atoms with Crippen LogP contribution in [0.1, 0.15) is 36.5 Å². The molecule has 1 aromatic heterocycles. The van der Waals surface area contributed by atoms with E-state index in [2.05, 4.69) is 9.80 Å². The Morgan fingerprint density at radius 2 is 1.91 bits per heavy atom. The van der Waals surface area contributed by atoms with E-state index >= 15 is 0 Å². The van der Waals surface area contributed by atoms with Gasteiger partial charge in [-0.15, -0.1) is 0 Å². The Balaban J connectivity index is 2.16. The van der Waals surface area contributed by atoms with E-state index in [1.54, 1.807) is 17.6 Å². The molecule has 0 aliphatic carbocycles. The number of carbonyl (C=O) groups excluding carboxylic acids is 1. The third-order valence-electron chi connectivity index (χ3n) is 5.79. The Labute approximate surface area is 202 Å². The molecule has 2 saturated heterocycles. The number of rotatable bonds is 7.